The first-order chi connectivity index (χ1) is 44.9. The molecule has 0 bridgehead atoms. The van der Waals surface area contributed by atoms with E-state index < -0.39 is 0 Å². The number of carbonyl (C=O) groups excluding carboxylic acids is 2. The highest BCUT2D eigenvalue weighted by molar-refractivity contribution is 5.98. The molecule has 1 aromatic carbocycles. The average molecular weight is 1250 g/mol. The maximum atomic E-state index is 11.7. The summed E-state index contributed by atoms with van der Waals surface area (Å²) in [4.78, 5) is 82.3. The van der Waals surface area contributed by atoms with Gasteiger partial charge < -0.3 is 44.9 Å². The van der Waals surface area contributed by atoms with Crippen LogP contribution in [0.3, 0.4) is 0 Å². The van der Waals surface area contributed by atoms with Crippen molar-refractivity contribution >= 4 is 34.5 Å². The van der Waals surface area contributed by atoms with Crippen molar-refractivity contribution < 1.29 is 14.3 Å². The van der Waals surface area contributed by atoms with Gasteiger partial charge in [0.25, 0.3) is 22.6 Å². The Morgan fingerprint density at radius 3 is 2.03 bits per heavy atom. The van der Waals surface area contributed by atoms with Crippen molar-refractivity contribution in [1.29, 1.82) is 15.8 Å². The number of anilines is 2. The molecule has 2 aliphatic rings. The van der Waals surface area contributed by atoms with Gasteiger partial charge in [0.05, 0.1) is 12.3 Å². The number of imidazole rings is 2. The van der Waals surface area contributed by atoms with Crippen molar-refractivity contribution in [3.8, 4) is 57.3 Å². The first-order valence-corrected chi connectivity index (χ1v) is 30.9. The first kappa shape index (κ1) is 67.4. The highest BCUT2D eigenvalue weighted by atomic mass is 16.5. The maximum absolute atomic E-state index is 11.7. The predicted molar refractivity (Wildman–Crippen MR) is 360 cm³/mol. The number of aromatic amines is 3. The number of unbranched alkanes of at least 4 members (excludes halogenated alkanes) is 3. The molecule has 11 heterocycles. The van der Waals surface area contributed by atoms with Crippen molar-refractivity contribution in [2.24, 2.45) is 0 Å². The van der Waals surface area contributed by atoms with Crippen LogP contribution in [0.4, 0.5) is 11.4 Å². The van der Waals surface area contributed by atoms with Gasteiger partial charge in [0.1, 0.15) is 52.0 Å². The second kappa shape index (κ2) is 31.8. The van der Waals surface area contributed by atoms with E-state index in [2.05, 4.69) is 78.4 Å². The van der Waals surface area contributed by atoms with E-state index in [1.165, 1.54) is 24.8 Å². The van der Waals surface area contributed by atoms with E-state index in [4.69, 9.17) is 26.3 Å². The number of benzene rings is 1. The Morgan fingerprint density at radius 2 is 1.37 bits per heavy atom. The third-order valence-corrected chi connectivity index (χ3v) is 15.9. The lowest BCUT2D eigenvalue weighted by molar-refractivity contribution is -0.118. The quantitative estimate of drug-likeness (QED) is 0.0585. The predicted octanol–water partition coefficient (Wildman–Crippen LogP) is 11.4. The number of hydrogen-bond donors (Lipinski definition) is 6. The molecule has 0 aliphatic carbocycles. The highest BCUT2D eigenvalue weighted by Gasteiger charge is 2.27. The summed E-state index contributed by atoms with van der Waals surface area (Å²) in [5.41, 5.74) is 21.5. The minimum Gasteiger partial charge on any atom is -0.494 e. The number of H-pyrrole nitrogens is 3. The van der Waals surface area contributed by atoms with Crippen LogP contribution < -0.4 is 37.8 Å². The molecule has 21 heteroatoms. The SMILES string of the molecule is CCCCCCOc1ccc2c(c1)CCC(=O)N2.CCc1cc(-c2c[nH]c(=O)c(N)c2)ccn1.CCc1cc(-c2cc(C#N)c(=O)[nH]c2C)cn2ccnc12.CCc1cc(C2C=C(C#N)C(=O)NC2C)ccn1.Cc1[nH]c(=O)c(C#N)cc1-c1ccc2ncc(C)n2c1. The molecule has 0 saturated heterocycles. The first-order valence-electron chi connectivity index (χ1n) is 30.9. The van der Waals surface area contributed by atoms with E-state index in [9.17, 15) is 24.0 Å². The normalized spacial score (nSPS) is 13.6. The fraction of sp³-hybridized carbons (Fsp3) is 0.278. The van der Waals surface area contributed by atoms with Crippen molar-refractivity contribution in [1.82, 2.24) is 49.0 Å². The molecule has 93 heavy (non-hydrogen) atoms. The van der Waals surface area contributed by atoms with Gasteiger partial charge in [-0.2, -0.15) is 15.8 Å². The van der Waals surface area contributed by atoms with Crippen molar-refractivity contribution in [2.75, 3.05) is 17.7 Å². The lowest BCUT2D eigenvalue weighted by atomic mass is 9.87. The van der Waals surface area contributed by atoms with E-state index in [1.807, 2.05) is 129 Å². The summed E-state index contributed by atoms with van der Waals surface area (Å²) in [6.45, 7) is 16.7. The van der Waals surface area contributed by atoms with Gasteiger partial charge in [-0.05, 0) is 161 Å². The molecule has 12 rings (SSSR count). The van der Waals surface area contributed by atoms with E-state index in [0.29, 0.717) is 6.42 Å². The number of rotatable bonds is 13. The topological polar surface area (TPSA) is 324 Å². The lowest BCUT2D eigenvalue weighted by Gasteiger charge is -2.27. The number of aromatic nitrogens is 9. The second-order valence-electron chi connectivity index (χ2n) is 22.4. The van der Waals surface area contributed by atoms with Gasteiger partial charge in [-0.25, -0.2) is 9.97 Å². The number of nitrogens with zero attached hydrogens (tertiary/aromatic N) is 9. The van der Waals surface area contributed by atoms with Crippen LogP contribution in [0.5, 0.6) is 5.75 Å². The van der Waals surface area contributed by atoms with Gasteiger partial charge in [0, 0.05) is 130 Å². The zero-order chi connectivity index (χ0) is 66.7. The molecule has 2 aliphatic heterocycles. The summed E-state index contributed by atoms with van der Waals surface area (Å²) < 4.78 is 9.67. The Balaban J connectivity index is 0.000000150. The van der Waals surface area contributed by atoms with Crippen molar-refractivity contribution in [2.45, 2.75) is 125 Å². The van der Waals surface area contributed by atoms with Gasteiger partial charge in [-0.15, -0.1) is 0 Å². The molecule has 7 N–H and O–H groups in total. The molecular weight excluding hydrogens is 1170 g/mol. The van der Waals surface area contributed by atoms with Crippen LogP contribution in [0, 0.1) is 54.8 Å². The molecule has 10 aromatic rings. The molecule has 0 fully saturated rings. The van der Waals surface area contributed by atoms with Gasteiger partial charge in [0.2, 0.25) is 5.91 Å². The van der Waals surface area contributed by atoms with Crippen LogP contribution in [-0.4, -0.2) is 68.2 Å². The Bertz CT molecular complexity index is 4700. The summed E-state index contributed by atoms with van der Waals surface area (Å²) >= 11 is 0. The number of aryl methyl sites for hydroxylation is 7. The smallest absolute Gasteiger partial charge is 0.271 e. The molecule has 0 radical (unpaired) electrons. The molecule has 2 atom stereocenters. The minimum absolute atomic E-state index is 0.0123. The van der Waals surface area contributed by atoms with E-state index in [1.54, 1.807) is 55.3 Å². The monoisotopic (exact) mass is 1250 g/mol. The number of nitrogen functional groups attached to an aromatic ring is 1. The van der Waals surface area contributed by atoms with Crippen LogP contribution in [0.25, 0.3) is 44.7 Å². The standard InChI is InChI=1S/C16H14N4O.C15H12N4O.C15H21NO2.C14H15N3O.C12H13N3O/c1-3-11-6-13(9-20-5-4-18-15(11)20)14-7-12(8-17)16(21)19-10(14)2;1-9-7-17-14-4-3-11(8-19(9)14)13-5-12(6-16)15(20)18-10(13)2;1-2-3-4-5-10-18-13-7-8-14-12(11-13)6-9-15(17)16-14;1-3-12-6-10(4-5-16-12)13-7-11(8-15)14(18)17-9(13)2;1-2-10-5-8(3-4-14-10)9-6-11(13)12(16)15-7-9/h4-7,9H,3H2,1-2H3,(H,19,21);3-5,7-8H,1-2H3,(H,18,20);7-8,11H,2-6,9-10H2,1H3,(H,16,17);4-7,9,13H,3H2,1-2H3,(H,17,18);3-7H,2,13H2,1H3,(H,15,16). The average Bonchev–Trinajstić information content (AvgIpc) is 1.92. The second-order valence-corrected chi connectivity index (χ2v) is 22.4. The maximum Gasteiger partial charge on any atom is 0.271 e. The lowest BCUT2D eigenvalue weighted by Crippen LogP contribution is -2.41. The minimum atomic E-state index is -0.353. The molecular formula is C72H75N15O6. The number of nitriles is 3. The summed E-state index contributed by atoms with van der Waals surface area (Å²) in [5, 5.41) is 32.6. The Labute approximate surface area is 538 Å². The van der Waals surface area contributed by atoms with E-state index in [-0.39, 0.29) is 62.8 Å². The third kappa shape index (κ3) is 17.1. The summed E-state index contributed by atoms with van der Waals surface area (Å²) in [5.74, 6) is 0.772. The highest BCUT2D eigenvalue weighted by Crippen LogP contribution is 2.30. The van der Waals surface area contributed by atoms with Gasteiger partial charge in [0.15, 0.2) is 0 Å². The third-order valence-electron chi connectivity index (χ3n) is 15.9. The van der Waals surface area contributed by atoms with Gasteiger partial charge >= 0.3 is 0 Å². The number of carbonyl (C=O) groups is 2. The molecule has 0 saturated carbocycles. The van der Waals surface area contributed by atoms with Gasteiger partial charge in [-0.3, -0.25) is 33.9 Å². The summed E-state index contributed by atoms with van der Waals surface area (Å²) in [6, 6.07) is 30.4. The van der Waals surface area contributed by atoms with Crippen molar-refractivity contribution in [3.63, 3.8) is 0 Å². The number of fused-ring (bicyclic) bond motifs is 3. The molecule has 9 aromatic heterocycles. The fourth-order valence-corrected chi connectivity index (χ4v) is 10.6. The van der Waals surface area contributed by atoms with Crippen LogP contribution in [-0.2, 0) is 35.3 Å². The molecule has 2 unspecified atom stereocenters. The molecule has 0 spiro atoms. The number of ether oxygens (including phenoxy) is 1. The van der Waals surface area contributed by atoms with Crippen molar-refractivity contribution in [3.05, 3.63) is 227 Å². The summed E-state index contributed by atoms with van der Waals surface area (Å²) in [7, 11) is 0. The fourth-order valence-electron chi connectivity index (χ4n) is 10.6. The Morgan fingerprint density at radius 1 is 0.667 bits per heavy atom. The number of pyridine rings is 7. The van der Waals surface area contributed by atoms with Gasteiger partial charge in [-0.1, -0.05) is 53.0 Å². The van der Waals surface area contributed by atoms with E-state index in [0.717, 1.165) is 134 Å². The van der Waals surface area contributed by atoms with Crippen LogP contribution >= 0.6 is 0 Å². The molecule has 2 amide bonds. The number of nitrogens with two attached hydrogens (primary N) is 1. The van der Waals surface area contributed by atoms with Crippen LogP contribution in [0.2, 0.25) is 0 Å². The van der Waals surface area contributed by atoms with Crippen LogP contribution in [0.1, 0.15) is 129 Å². The van der Waals surface area contributed by atoms with Crippen LogP contribution in [0.15, 0.2) is 154 Å². The Kier molecular flexibility index (Phi) is 23.1. The number of amides is 2. The molecule has 21 nitrogen and oxygen atoms in total. The largest absolute Gasteiger partial charge is 0.494 e. The Hall–Kier alpha value is -11.5. The number of hydrogen-bond acceptors (Lipinski definition) is 14. The van der Waals surface area contributed by atoms with E-state index >= 15 is 0 Å². The summed E-state index contributed by atoms with van der Waals surface area (Å²) in [6.07, 6.45) is 25.2. The molecule has 474 valence electrons. The zero-order valence-corrected chi connectivity index (χ0v) is 53.5. The number of nitrogens with one attached hydrogen (secondary N) is 5. The zero-order valence-electron chi connectivity index (χ0n) is 53.5.